The van der Waals surface area contributed by atoms with E-state index >= 15 is 0 Å². The second kappa shape index (κ2) is 6.22. The molecule has 1 aromatic rings. The number of benzene rings is 1. The van der Waals surface area contributed by atoms with E-state index in [4.69, 9.17) is 0 Å². The van der Waals surface area contributed by atoms with Crippen LogP contribution in [-0.4, -0.2) is 39.5 Å². The van der Waals surface area contributed by atoms with Crippen LogP contribution in [0.15, 0.2) is 32.0 Å². The summed E-state index contributed by atoms with van der Waals surface area (Å²) >= 11 is 6.57. The first-order chi connectivity index (χ1) is 8.56. The van der Waals surface area contributed by atoms with Crippen LogP contribution < -0.4 is 4.72 Å². The fourth-order valence-electron chi connectivity index (χ4n) is 1.20. The summed E-state index contributed by atoms with van der Waals surface area (Å²) in [6, 6.07) is 4.99. The molecule has 0 amide bonds. The number of rotatable bonds is 5. The first-order valence-corrected chi connectivity index (χ1v) is 8.75. The van der Waals surface area contributed by atoms with Crippen LogP contribution in [0.5, 0.6) is 0 Å². The molecule has 0 fully saturated rings. The number of nitrogens with zero attached hydrogens (tertiary/aromatic N) is 1. The molecule has 0 heterocycles. The Balaban J connectivity index is 2.94. The lowest BCUT2D eigenvalue weighted by atomic mass is 10.1. The van der Waals surface area contributed by atoms with Gasteiger partial charge in [-0.25, -0.2) is 13.1 Å². The Morgan fingerprint density at radius 2 is 1.84 bits per heavy atom. The van der Waals surface area contributed by atoms with E-state index in [2.05, 4.69) is 36.6 Å². The molecule has 0 saturated heterocycles. The lowest BCUT2D eigenvalue weighted by Gasteiger charge is -2.32. The summed E-state index contributed by atoms with van der Waals surface area (Å²) in [5.74, 6) is 0. The maximum Gasteiger partial charge on any atom is 0.241 e. The third-order valence-electron chi connectivity index (χ3n) is 3.09. The van der Waals surface area contributed by atoms with Crippen molar-refractivity contribution in [3.05, 3.63) is 27.1 Å². The average molecular weight is 414 g/mol. The highest BCUT2D eigenvalue weighted by Gasteiger charge is 2.25. The van der Waals surface area contributed by atoms with Crippen LogP contribution in [0.3, 0.4) is 0 Å². The van der Waals surface area contributed by atoms with Gasteiger partial charge >= 0.3 is 0 Å². The van der Waals surface area contributed by atoms with Gasteiger partial charge in [0, 0.05) is 21.0 Å². The molecule has 0 aromatic heterocycles. The monoisotopic (exact) mass is 412 g/mol. The van der Waals surface area contributed by atoms with Crippen LogP contribution in [0.25, 0.3) is 0 Å². The van der Waals surface area contributed by atoms with Crippen molar-refractivity contribution in [2.45, 2.75) is 24.3 Å². The molecule has 1 rings (SSSR count). The van der Waals surface area contributed by atoms with Crippen molar-refractivity contribution in [2.75, 3.05) is 20.6 Å². The van der Waals surface area contributed by atoms with Gasteiger partial charge in [-0.3, -0.25) is 0 Å². The predicted octanol–water partition coefficient (Wildman–Crippen LogP) is 2.83. The summed E-state index contributed by atoms with van der Waals surface area (Å²) in [4.78, 5) is 2.22. The highest BCUT2D eigenvalue weighted by Crippen LogP contribution is 2.25. The van der Waals surface area contributed by atoms with Crippen LogP contribution >= 0.6 is 31.9 Å². The fraction of sp³-hybridized carbons (Fsp3) is 0.500. The number of hydrogen-bond acceptors (Lipinski definition) is 3. The summed E-state index contributed by atoms with van der Waals surface area (Å²) in [5, 5.41) is 0. The molecule has 0 aliphatic heterocycles. The molecular weight excluding hydrogens is 396 g/mol. The van der Waals surface area contributed by atoms with Gasteiger partial charge in [0.15, 0.2) is 0 Å². The maximum atomic E-state index is 12.3. The second-order valence-corrected chi connectivity index (χ2v) is 8.61. The lowest BCUT2D eigenvalue weighted by molar-refractivity contribution is 0.199. The summed E-state index contributed by atoms with van der Waals surface area (Å²) in [6.45, 7) is 4.29. The number of likely N-dealkylation sites (N-methyl/N-ethyl adjacent to an activating group) is 1. The Bertz CT molecular complexity index is 557. The Morgan fingerprint density at radius 3 is 2.32 bits per heavy atom. The Kier molecular flexibility index (Phi) is 5.60. The zero-order valence-corrected chi connectivity index (χ0v) is 15.4. The molecule has 0 atom stereocenters. The Labute approximate surface area is 131 Å². The van der Waals surface area contributed by atoms with Crippen molar-refractivity contribution < 1.29 is 8.42 Å². The van der Waals surface area contributed by atoms with Crippen molar-refractivity contribution in [1.82, 2.24) is 9.62 Å². The molecule has 7 heteroatoms. The van der Waals surface area contributed by atoms with Crippen LogP contribution in [0.4, 0.5) is 0 Å². The fourth-order valence-corrected chi connectivity index (χ4v) is 4.15. The Morgan fingerprint density at radius 1 is 1.26 bits per heavy atom. The van der Waals surface area contributed by atoms with Gasteiger partial charge in [-0.15, -0.1) is 0 Å². The van der Waals surface area contributed by atoms with Crippen molar-refractivity contribution in [3.63, 3.8) is 0 Å². The van der Waals surface area contributed by atoms with E-state index in [9.17, 15) is 8.42 Å². The lowest BCUT2D eigenvalue weighted by Crippen LogP contribution is -2.48. The summed E-state index contributed by atoms with van der Waals surface area (Å²) in [6.07, 6.45) is 0. The summed E-state index contributed by atoms with van der Waals surface area (Å²) in [7, 11) is 0.322. The zero-order valence-electron chi connectivity index (χ0n) is 11.4. The van der Waals surface area contributed by atoms with Gasteiger partial charge in [0.2, 0.25) is 10.0 Å². The molecule has 0 aliphatic rings. The molecule has 1 N–H and O–H groups in total. The van der Waals surface area contributed by atoms with E-state index in [1.165, 1.54) is 0 Å². The number of nitrogens with one attached hydrogen (secondary N) is 1. The van der Waals surface area contributed by atoms with E-state index in [1.807, 2.05) is 32.8 Å². The molecule has 1 aromatic carbocycles. The summed E-state index contributed by atoms with van der Waals surface area (Å²) in [5.41, 5.74) is -0.255. The third kappa shape index (κ3) is 4.53. The minimum Gasteiger partial charge on any atom is -0.303 e. The predicted molar refractivity (Wildman–Crippen MR) is 84.8 cm³/mol. The number of halogens is 2. The first-order valence-electron chi connectivity index (χ1n) is 5.68. The first kappa shape index (κ1) is 17.1. The van der Waals surface area contributed by atoms with E-state index < -0.39 is 10.0 Å². The minimum absolute atomic E-state index is 0.241. The standard InChI is InChI=1S/C12H18Br2N2O2S/c1-12(2,16(3)4)8-15-19(17,18)11-6-5-9(13)7-10(11)14/h5-7,15H,8H2,1-4H3. The molecular formula is C12H18Br2N2O2S. The normalized spacial score (nSPS) is 13.0. The topological polar surface area (TPSA) is 49.4 Å². The van der Waals surface area contributed by atoms with Gasteiger partial charge in [0.1, 0.15) is 0 Å². The number of sulfonamides is 1. The molecule has 19 heavy (non-hydrogen) atoms. The second-order valence-electron chi connectivity index (χ2n) is 5.11. The molecule has 0 spiro atoms. The summed E-state index contributed by atoms with van der Waals surface area (Å²) < 4.78 is 28.5. The smallest absolute Gasteiger partial charge is 0.241 e. The molecule has 4 nitrogen and oxygen atoms in total. The molecule has 0 saturated carbocycles. The minimum atomic E-state index is -3.52. The van der Waals surface area contributed by atoms with Gasteiger partial charge in [-0.05, 0) is 62.1 Å². The van der Waals surface area contributed by atoms with Crippen molar-refractivity contribution >= 4 is 41.9 Å². The molecule has 0 unspecified atom stereocenters. The van der Waals surface area contributed by atoms with Crippen molar-refractivity contribution in [3.8, 4) is 0 Å². The Hall–Kier alpha value is 0.0500. The SMILES string of the molecule is CN(C)C(C)(C)CNS(=O)(=O)c1ccc(Br)cc1Br. The van der Waals surface area contributed by atoms with Crippen molar-refractivity contribution in [2.24, 2.45) is 0 Å². The van der Waals surface area contributed by atoms with Gasteiger partial charge in [-0.1, -0.05) is 15.9 Å². The molecule has 0 radical (unpaired) electrons. The van der Waals surface area contributed by atoms with Gasteiger partial charge < -0.3 is 4.90 Å². The molecule has 108 valence electrons. The van der Waals surface area contributed by atoms with Crippen LogP contribution in [0, 0.1) is 0 Å². The largest absolute Gasteiger partial charge is 0.303 e. The van der Waals surface area contributed by atoms with Gasteiger partial charge in [0.05, 0.1) is 4.90 Å². The van der Waals surface area contributed by atoms with Crippen LogP contribution in [0.2, 0.25) is 0 Å². The van der Waals surface area contributed by atoms with Crippen LogP contribution in [-0.2, 0) is 10.0 Å². The van der Waals surface area contributed by atoms with Crippen LogP contribution in [0.1, 0.15) is 13.8 Å². The zero-order chi connectivity index (χ0) is 14.8. The highest BCUT2D eigenvalue weighted by atomic mass is 79.9. The maximum absolute atomic E-state index is 12.3. The quantitative estimate of drug-likeness (QED) is 0.807. The molecule has 0 aliphatic carbocycles. The van der Waals surface area contributed by atoms with Gasteiger partial charge in [-0.2, -0.15) is 0 Å². The van der Waals surface area contributed by atoms with E-state index in [1.54, 1.807) is 18.2 Å². The van der Waals surface area contributed by atoms with Crippen molar-refractivity contribution in [1.29, 1.82) is 0 Å². The third-order valence-corrected chi connectivity index (χ3v) is 5.96. The van der Waals surface area contributed by atoms with E-state index in [0.29, 0.717) is 11.0 Å². The number of hydrogen-bond donors (Lipinski definition) is 1. The van der Waals surface area contributed by atoms with Gasteiger partial charge in [0.25, 0.3) is 0 Å². The van der Waals surface area contributed by atoms with E-state index in [0.717, 1.165) is 4.47 Å². The van der Waals surface area contributed by atoms with E-state index in [-0.39, 0.29) is 10.4 Å². The average Bonchev–Trinajstić information content (AvgIpc) is 2.26. The molecule has 0 bridgehead atoms. The highest BCUT2D eigenvalue weighted by molar-refractivity contribution is 9.11.